The van der Waals surface area contributed by atoms with Gasteiger partial charge in [0.05, 0.1) is 5.69 Å². The van der Waals surface area contributed by atoms with E-state index in [-0.39, 0.29) is 11.8 Å². The van der Waals surface area contributed by atoms with E-state index in [1.165, 1.54) is 6.42 Å². The zero-order chi connectivity index (χ0) is 18.5. The number of methoxy groups -OCH3 is 1. The van der Waals surface area contributed by atoms with Crippen molar-refractivity contribution in [2.75, 3.05) is 33.4 Å². The van der Waals surface area contributed by atoms with Crippen molar-refractivity contribution in [1.29, 1.82) is 0 Å². The highest BCUT2D eigenvalue weighted by molar-refractivity contribution is 5.97. The molecule has 1 saturated heterocycles. The van der Waals surface area contributed by atoms with Gasteiger partial charge in [-0.25, -0.2) is 4.98 Å². The number of likely N-dealkylation sites (tertiary alicyclic amines) is 1. The molecule has 2 aliphatic rings. The molecule has 3 heterocycles. The molecule has 1 atom stereocenters. The van der Waals surface area contributed by atoms with Crippen LogP contribution in [0, 0.1) is 5.92 Å². The number of hydrogen-bond donors (Lipinski definition) is 1. The largest absolute Gasteiger partial charge is 0.385 e. The molecule has 2 aliphatic heterocycles. The quantitative estimate of drug-likeness (QED) is 0.784. The Morgan fingerprint density at radius 3 is 2.88 bits per heavy atom. The van der Waals surface area contributed by atoms with E-state index in [0.29, 0.717) is 30.6 Å². The number of carbonyl (C=O) groups is 2. The number of amides is 2. The second-order valence-corrected chi connectivity index (χ2v) is 7.44. The van der Waals surface area contributed by atoms with Gasteiger partial charge in [-0.05, 0) is 44.4 Å². The number of rotatable bonds is 6. The monoisotopic (exact) mass is 362 g/mol. The number of nitrogens with zero attached hydrogens (tertiary/aromatic N) is 3. The average molecular weight is 362 g/mol. The topological polar surface area (TPSA) is 76.5 Å². The van der Waals surface area contributed by atoms with Crippen LogP contribution in [0.3, 0.4) is 0 Å². The summed E-state index contributed by atoms with van der Waals surface area (Å²) in [4.78, 5) is 32.1. The van der Waals surface area contributed by atoms with Crippen molar-refractivity contribution in [3.05, 3.63) is 17.2 Å². The summed E-state index contributed by atoms with van der Waals surface area (Å²) in [5.74, 6) is 0.749. The number of hydrogen-bond acceptors (Lipinski definition) is 4. The van der Waals surface area contributed by atoms with Crippen molar-refractivity contribution in [3.8, 4) is 0 Å². The second kappa shape index (κ2) is 8.66. The van der Waals surface area contributed by atoms with Crippen molar-refractivity contribution in [2.24, 2.45) is 5.92 Å². The zero-order valence-corrected chi connectivity index (χ0v) is 15.9. The summed E-state index contributed by atoms with van der Waals surface area (Å²) in [6, 6.07) is 0. The molecule has 7 nitrogen and oxygen atoms in total. The molecule has 1 unspecified atom stereocenters. The number of piperidine rings is 1. The fourth-order valence-corrected chi connectivity index (χ4v) is 3.91. The van der Waals surface area contributed by atoms with Crippen molar-refractivity contribution in [2.45, 2.75) is 52.0 Å². The van der Waals surface area contributed by atoms with E-state index >= 15 is 0 Å². The predicted octanol–water partition coefficient (Wildman–Crippen LogP) is 1.86. The summed E-state index contributed by atoms with van der Waals surface area (Å²) in [6.45, 7) is 5.66. The van der Waals surface area contributed by atoms with Crippen LogP contribution in [0.1, 0.15) is 65.8 Å². The number of imidazole rings is 1. The first kappa shape index (κ1) is 18.9. The Labute approximate surface area is 155 Å². The predicted molar refractivity (Wildman–Crippen MR) is 98.3 cm³/mol. The molecule has 0 aliphatic carbocycles. The van der Waals surface area contributed by atoms with Crippen LogP contribution in [0.5, 0.6) is 0 Å². The van der Waals surface area contributed by atoms with Crippen LogP contribution in [-0.2, 0) is 17.7 Å². The summed E-state index contributed by atoms with van der Waals surface area (Å²) in [5, 5.41) is 2.90. The van der Waals surface area contributed by atoms with E-state index < -0.39 is 0 Å². The Morgan fingerprint density at radius 1 is 1.27 bits per heavy atom. The van der Waals surface area contributed by atoms with Gasteiger partial charge < -0.3 is 19.5 Å². The van der Waals surface area contributed by atoms with Crippen LogP contribution >= 0.6 is 0 Å². The Balaban J connectivity index is 1.79. The van der Waals surface area contributed by atoms with Crippen LogP contribution in [0.4, 0.5) is 0 Å². The maximum absolute atomic E-state index is 13.0. The van der Waals surface area contributed by atoms with Crippen molar-refractivity contribution in [1.82, 2.24) is 19.8 Å². The second-order valence-electron chi connectivity index (χ2n) is 7.44. The van der Waals surface area contributed by atoms with Gasteiger partial charge in [0, 0.05) is 39.9 Å². The Kier molecular flexibility index (Phi) is 6.29. The summed E-state index contributed by atoms with van der Waals surface area (Å²) >= 11 is 0. The minimum Gasteiger partial charge on any atom is -0.385 e. The van der Waals surface area contributed by atoms with Crippen molar-refractivity contribution < 1.29 is 14.3 Å². The molecule has 1 N–H and O–H groups in total. The molecule has 1 aromatic rings. The third-order valence-corrected chi connectivity index (χ3v) is 5.28. The summed E-state index contributed by atoms with van der Waals surface area (Å²) < 4.78 is 6.99. The lowest BCUT2D eigenvalue weighted by Gasteiger charge is -2.31. The third kappa shape index (κ3) is 4.09. The molecular formula is C19H30N4O3. The number of nitrogens with one attached hydrogen (secondary N) is 1. The third-order valence-electron chi connectivity index (χ3n) is 5.28. The highest BCUT2D eigenvalue weighted by Crippen LogP contribution is 2.24. The molecule has 144 valence electrons. The van der Waals surface area contributed by atoms with E-state index in [9.17, 15) is 9.59 Å². The fourth-order valence-electron chi connectivity index (χ4n) is 3.91. The molecule has 0 radical (unpaired) electrons. The molecule has 26 heavy (non-hydrogen) atoms. The van der Waals surface area contributed by atoms with Gasteiger partial charge in [-0.3, -0.25) is 9.59 Å². The Bertz CT molecular complexity index is 655. The molecule has 0 saturated carbocycles. The fraction of sp³-hybridized carbons (Fsp3) is 0.737. The van der Waals surface area contributed by atoms with Crippen molar-refractivity contribution in [3.63, 3.8) is 0 Å². The van der Waals surface area contributed by atoms with Crippen LogP contribution in [-0.4, -0.2) is 59.6 Å². The number of ether oxygens (including phenoxy) is 1. The lowest BCUT2D eigenvalue weighted by molar-refractivity contribution is 0.0664. The molecule has 2 amide bonds. The van der Waals surface area contributed by atoms with Gasteiger partial charge in [0.15, 0.2) is 5.82 Å². The van der Waals surface area contributed by atoms with E-state index in [1.807, 2.05) is 9.47 Å². The minimum atomic E-state index is -0.183. The molecule has 0 aromatic carbocycles. The molecule has 0 bridgehead atoms. The van der Waals surface area contributed by atoms with Crippen molar-refractivity contribution >= 4 is 11.8 Å². The van der Waals surface area contributed by atoms with E-state index in [1.54, 1.807) is 7.11 Å². The minimum absolute atomic E-state index is 0.0295. The first-order valence-corrected chi connectivity index (χ1v) is 9.77. The van der Waals surface area contributed by atoms with Gasteiger partial charge in [-0.15, -0.1) is 0 Å². The van der Waals surface area contributed by atoms with Gasteiger partial charge in [-0.2, -0.15) is 0 Å². The standard InChI is InChI=1S/C19H30N4O3/c1-14-7-5-10-22(13-14)19(25)17-21-16(15-8-3-4-11-23(15)17)18(24)20-9-6-12-26-2/h14H,3-13H2,1-2H3,(H,20,24). The highest BCUT2D eigenvalue weighted by atomic mass is 16.5. The van der Waals surface area contributed by atoms with E-state index in [4.69, 9.17) is 4.74 Å². The zero-order valence-electron chi connectivity index (χ0n) is 15.9. The number of aromatic nitrogens is 2. The number of carbonyl (C=O) groups excluding carboxylic acids is 2. The smallest absolute Gasteiger partial charge is 0.289 e. The first-order chi connectivity index (χ1) is 12.6. The molecule has 1 fully saturated rings. The van der Waals surface area contributed by atoms with Gasteiger partial charge >= 0.3 is 0 Å². The number of fused-ring (bicyclic) bond motifs is 1. The SMILES string of the molecule is COCCCNC(=O)c1nc(C(=O)N2CCCC(C)C2)n2c1CCCC2. The van der Waals surface area contributed by atoms with Crippen LogP contribution in [0.25, 0.3) is 0 Å². The van der Waals surface area contributed by atoms with Gasteiger partial charge in [-0.1, -0.05) is 6.92 Å². The molecule has 0 spiro atoms. The molecular weight excluding hydrogens is 332 g/mol. The first-order valence-electron chi connectivity index (χ1n) is 9.77. The maximum atomic E-state index is 13.0. The Hall–Kier alpha value is -1.89. The highest BCUT2D eigenvalue weighted by Gasteiger charge is 2.31. The lowest BCUT2D eigenvalue weighted by Crippen LogP contribution is -2.40. The van der Waals surface area contributed by atoms with E-state index in [2.05, 4.69) is 17.2 Å². The van der Waals surface area contributed by atoms with Crippen LogP contribution in [0.2, 0.25) is 0 Å². The summed E-state index contributed by atoms with van der Waals surface area (Å²) in [5.41, 5.74) is 1.34. The lowest BCUT2D eigenvalue weighted by atomic mass is 10.0. The van der Waals surface area contributed by atoms with Crippen LogP contribution < -0.4 is 5.32 Å². The van der Waals surface area contributed by atoms with Gasteiger partial charge in [0.25, 0.3) is 11.8 Å². The average Bonchev–Trinajstić information content (AvgIpc) is 3.04. The summed E-state index contributed by atoms with van der Waals surface area (Å²) in [6.07, 6.45) is 5.82. The molecule has 7 heteroatoms. The Morgan fingerprint density at radius 2 is 2.12 bits per heavy atom. The molecule has 3 rings (SSSR count). The molecule has 1 aromatic heterocycles. The van der Waals surface area contributed by atoms with E-state index in [0.717, 1.165) is 57.4 Å². The van der Waals surface area contributed by atoms with Gasteiger partial charge in [0.2, 0.25) is 0 Å². The van der Waals surface area contributed by atoms with Crippen LogP contribution in [0.15, 0.2) is 0 Å². The van der Waals surface area contributed by atoms with Gasteiger partial charge in [0.1, 0.15) is 5.69 Å². The normalized spacial score (nSPS) is 19.9. The maximum Gasteiger partial charge on any atom is 0.289 e. The summed E-state index contributed by atoms with van der Waals surface area (Å²) in [7, 11) is 1.65.